The first-order chi connectivity index (χ1) is 14.1. The first-order valence-corrected chi connectivity index (χ1v) is 11.8. The Hall–Kier alpha value is -2.03. The topological polar surface area (TPSA) is 63.1 Å². The minimum Gasteiger partial charge on any atom is -0.348 e. The summed E-state index contributed by atoms with van der Waals surface area (Å²) in [5.41, 5.74) is 0.830. The molecule has 3 heterocycles. The van der Waals surface area contributed by atoms with Crippen LogP contribution < -0.4 is 10.2 Å². The quantitative estimate of drug-likeness (QED) is 0.538. The predicted molar refractivity (Wildman–Crippen MR) is 119 cm³/mol. The van der Waals surface area contributed by atoms with Crippen LogP contribution >= 0.6 is 34.7 Å². The molecule has 1 amide bonds. The van der Waals surface area contributed by atoms with E-state index in [9.17, 15) is 4.79 Å². The van der Waals surface area contributed by atoms with Crippen LogP contribution in [0.3, 0.4) is 0 Å². The number of nitrogens with zero attached hydrogens (tertiary/aromatic N) is 4. The summed E-state index contributed by atoms with van der Waals surface area (Å²) in [6, 6.07) is 11.7. The molecule has 1 atom stereocenters. The molecular weight excluding hydrogens is 426 g/mol. The van der Waals surface area contributed by atoms with Gasteiger partial charge in [0.2, 0.25) is 11.9 Å². The van der Waals surface area contributed by atoms with Gasteiger partial charge in [0.25, 0.3) is 0 Å². The van der Waals surface area contributed by atoms with Gasteiger partial charge in [-0.05, 0) is 43.3 Å². The number of para-hydroxylation sites is 1. The van der Waals surface area contributed by atoms with E-state index >= 15 is 0 Å². The van der Waals surface area contributed by atoms with Gasteiger partial charge in [-0.3, -0.25) is 9.36 Å². The van der Waals surface area contributed by atoms with Crippen LogP contribution in [0.25, 0.3) is 5.69 Å². The van der Waals surface area contributed by atoms with Crippen molar-refractivity contribution in [1.29, 1.82) is 0 Å². The molecule has 152 valence electrons. The lowest BCUT2D eigenvalue weighted by Gasteiger charge is -2.19. The Labute approximate surface area is 183 Å². The number of aromatic nitrogens is 3. The Morgan fingerprint density at radius 1 is 1.24 bits per heavy atom. The number of halogens is 1. The number of benzene rings is 1. The zero-order valence-corrected chi connectivity index (χ0v) is 18.4. The highest BCUT2D eigenvalue weighted by atomic mass is 35.5. The standard InChI is InChI=1S/C20H22ClN5OS2/c1-14(17-9-6-12-28-17)22-18(27)13-29-20-24-23-19(25-10-4-5-11-25)26(20)16-8-3-2-7-15(16)21/h2-3,6-9,12,14H,4-5,10-11,13H2,1H3,(H,22,27). The highest BCUT2D eigenvalue weighted by Gasteiger charge is 2.24. The molecule has 1 saturated heterocycles. The van der Waals surface area contributed by atoms with Crippen molar-refractivity contribution in [3.63, 3.8) is 0 Å². The van der Waals surface area contributed by atoms with Crippen molar-refractivity contribution in [2.45, 2.75) is 31.0 Å². The second-order valence-corrected chi connectivity index (χ2v) is 9.19. The Bertz CT molecular complexity index is 969. The molecule has 2 aromatic heterocycles. The minimum absolute atomic E-state index is 0.00954. The van der Waals surface area contributed by atoms with Crippen LogP contribution in [0.1, 0.15) is 30.7 Å². The fraction of sp³-hybridized carbons (Fsp3) is 0.350. The summed E-state index contributed by atoms with van der Waals surface area (Å²) in [6.07, 6.45) is 2.28. The molecule has 29 heavy (non-hydrogen) atoms. The van der Waals surface area contributed by atoms with Crippen LogP contribution in [0.2, 0.25) is 5.02 Å². The van der Waals surface area contributed by atoms with Crippen molar-refractivity contribution in [2.24, 2.45) is 0 Å². The van der Waals surface area contributed by atoms with Crippen molar-refractivity contribution in [3.8, 4) is 5.69 Å². The summed E-state index contributed by atoms with van der Waals surface area (Å²) in [5, 5.41) is 15.2. The average Bonchev–Trinajstić information content (AvgIpc) is 3.48. The Balaban J connectivity index is 1.52. The van der Waals surface area contributed by atoms with Crippen molar-refractivity contribution in [3.05, 3.63) is 51.7 Å². The van der Waals surface area contributed by atoms with Crippen molar-refractivity contribution in [1.82, 2.24) is 20.1 Å². The van der Waals surface area contributed by atoms with E-state index in [1.165, 1.54) is 11.8 Å². The van der Waals surface area contributed by atoms with Crippen molar-refractivity contribution < 1.29 is 4.79 Å². The molecule has 1 aliphatic heterocycles. The van der Waals surface area contributed by atoms with Gasteiger partial charge in [0.15, 0.2) is 5.16 Å². The summed E-state index contributed by atoms with van der Waals surface area (Å²) in [5.74, 6) is 1.01. The summed E-state index contributed by atoms with van der Waals surface area (Å²) in [4.78, 5) is 15.8. The second kappa shape index (κ2) is 9.19. The molecule has 1 unspecified atom stereocenters. The maximum Gasteiger partial charge on any atom is 0.232 e. The predicted octanol–water partition coefficient (Wildman–Crippen LogP) is 4.55. The third-order valence-electron chi connectivity index (χ3n) is 4.78. The smallest absolute Gasteiger partial charge is 0.232 e. The summed E-state index contributed by atoms with van der Waals surface area (Å²) < 4.78 is 1.97. The van der Waals surface area contributed by atoms with Gasteiger partial charge in [0, 0.05) is 18.0 Å². The molecule has 9 heteroatoms. The van der Waals surface area contributed by atoms with E-state index in [0.29, 0.717) is 10.2 Å². The number of carbonyl (C=O) groups excluding carboxylic acids is 1. The normalized spacial score (nSPS) is 14.9. The van der Waals surface area contributed by atoms with Crippen LogP contribution in [-0.4, -0.2) is 39.5 Å². The van der Waals surface area contributed by atoms with E-state index in [4.69, 9.17) is 11.6 Å². The number of anilines is 1. The number of hydrogen-bond donors (Lipinski definition) is 1. The van der Waals surface area contributed by atoms with E-state index in [-0.39, 0.29) is 17.7 Å². The third-order valence-corrected chi connectivity index (χ3v) is 7.08. The third kappa shape index (κ3) is 4.60. The van der Waals surface area contributed by atoms with Crippen LogP contribution in [0.5, 0.6) is 0 Å². The largest absolute Gasteiger partial charge is 0.348 e. The lowest BCUT2D eigenvalue weighted by atomic mass is 10.3. The Kier molecular flexibility index (Phi) is 6.42. The zero-order valence-electron chi connectivity index (χ0n) is 16.0. The molecule has 1 aliphatic rings. The fourth-order valence-corrected chi connectivity index (χ4v) is 5.05. The van der Waals surface area contributed by atoms with Crippen LogP contribution in [0, 0.1) is 0 Å². The Morgan fingerprint density at radius 3 is 2.76 bits per heavy atom. The van der Waals surface area contributed by atoms with Gasteiger partial charge < -0.3 is 10.2 Å². The summed E-state index contributed by atoms with van der Waals surface area (Å²) >= 11 is 9.48. The maximum atomic E-state index is 12.5. The van der Waals surface area contributed by atoms with Gasteiger partial charge in [-0.25, -0.2) is 0 Å². The molecule has 0 radical (unpaired) electrons. The molecule has 0 saturated carbocycles. The molecule has 4 rings (SSSR count). The van der Waals surface area contributed by atoms with Gasteiger partial charge in [-0.15, -0.1) is 21.5 Å². The number of nitrogens with one attached hydrogen (secondary N) is 1. The molecule has 1 aromatic carbocycles. The monoisotopic (exact) mass is 447 g/mol. The number of hydrogen-bond acceptors (Lipinski definition) is 6. The highest BCUT2D eigenvalue weighted by molar-refractivity contribution is 7.99. The first kappa shape index (κ1) is 20.3. The van der Waals surface area contributed by atoms with E-state index < -0.39 is 0 Å². The van der Waals surface area contributed by atoms with Gasteiger partial charge in [-0.2, -0.15) is 0 Å². The molecular formula is C20H22ClN5OS2. The van der Waals surface area contributed by atoms with Crippen molar-refractivity contribution >= 4 is 46.6 Å². The van der Waals surface area contributed by atoms with E-state index in [0.717, 1.165) is 42.4 Å². The second-order valence-electron chi connectivity index (χ2n) is 6.86. The number of carbonyl (C=O) groups is 1. The van der Waals surface area contributed by atoms with Gasteiger partial charge in [-0.1, -0.05) is 41.6 Å². The lowest BCUT2D eigenvalue weighted by Crippen LogP contribution is -2.27. The summed E-state index contributed by atoms with van der Waals surface area (Å²) in [6.45, 7) is 3.89. The van der Waals surface area contributed by atoms with Crippen LogP contribution in [0.4, 0.5) is 5.95 Å². The number of amides is 1. The van der Waals surface area contributed by atoms with E-state index in [2.05, 4.69) is 20.4 Å². The molecule has 1 N–H and O–H groups in total. The number of thioether (sulfide) groups is 1. The molecule has 0 aliphatic carbocycles. The molecule has 6 nitrogen and oxygen atoms in total. The highest BCUT2D eigenvalue weighted by Crippen LogP contribution is 2.31. The molecule has 1 fully saturated rings. The fourth-order valence-electron chi connectivity index (χ4n) is 3.34. The minimum atomic E-state index is -0.0349. The average molecular weight is 448 g/mol. The number of thiophene rings is 1. The van der Waals surface area contributed by atoms with Gasteiger partial charge in [0.1, 0.15) is 0 Å². The van der Waals surface area contributed by atoms with E-state index in [1.54, 1.807) is 11.3 Å². The van der Waals surface area contributed by atoms with Crippen molar-refractivity contribution in [2.75, 3.05) is 23.7 Å². The zero-order chi connectivity index (χ0) is 20.2. The van der Waals surface area contributed by atoms with E-state index in [1.807, 2.05) is 53.3 Å². The summed E-state index contributed by atoms with van der Waals surface area (Å²) in [7, 11) is 0. The van der Waals surface area contributed by atoms with Gasteiger partial charge >= 0.3 is 0 Å². The first-order valence-electron chi connectivity index (χ1n) is 9.54. The number of rotatable bonds is 7. The maximum absolute atomic E-state index is 12.5. The molecule has 3 aromatic rings. The molecule has 0 spiro atoms. The Morgan fingerprint density at radius 2 is 2.03 bits per heavy atom. The lowest BCUT2D eigenvalue weighted by molar-refractivity contribution is -0.119. The SMILES string of the molecule is CC(NC(=O)CSc1nnc(N2CCCC2)n1-c1ccccc1Cl)c1cccs1. The van der Waals surface area contributed by atoms with Gasteiger partial charge in [0.05, 0.1) is 22.5 Å². The van der Waals surface area contributed by atoms with Crippen LogP contribution in [0.15, 0.2) is 46.9 Å². The van der Waals surface area contributed by atoms with Crippen LogP contribution in [-0.2, 0) is 4.79 Å². The molecule has 0 bridgehead atoms.